The van der Waals surface area contributed by atoms with Crippen LogP contribution in [0, 0.1) is 11.8 Å². The molecule has 1 aromatic carbocycles. The van der Waals surface area contributed by atoms with E-state index in [0.29, 0.717) is 6.42 Å². The molecule has 1 heterocycles. The van der Waals surface area contributed by atoms with E-state index in [1.165, 1.54) is 11.0 Å². The monoisotopic (exact) mass is 470 g/mol. The van der Waals surface area contributed by atoms with E-state index in [2.05, 4.69) is 5.32 Å². The van der Waals surface area contributed by atoms with E-state index in [4.69, 9.17) is 16.7 Å². The zero-order chi connectivity index (χ0) is 23.6. The fourth-order valence-corrected chi connectivity index (χ4v) is 6.15. The summed E-state index contributed by atoms with van der Waals surface area (Å²) < 4.78 is 25.1. The molecule has 0 saturated heterocycles. The lowest BCUT2D eigenvalue weighted by Gasteiger charge is -2.42. The van der Waals surface area contributed by atoms with Gasteiger partial charge < -0.3 is 15.3 Å². The maximum absolute atomic E-state index is 12.6. The van der Waals surface area contributed by atoms with Crippen molar-refractivity contribution in [2.75, 3.05) is 12.3 Å². The topological polar surface area (TPSA) is 104 Å². The smallest absolute Gasteiger partial charge is 0.322 e. The molecule has 172 valence electrons. The summed E-state index contributed by atoms with van der Waals surface area (Å²) in [6.07, 6.45) is 2.00. The Morgan fingerprint density at radius 3 is 2.42 bits per heavy atom. The summed E-state index contributed by atoms with van der Waals surface area (Å²) in [6, 6.07) is 4.53. The lowest BCUT2D eigenvalue weighted by Crippen LogP contribution is -2.57. The van der Waals surface area contributed by atoms with Gasteiger partial charge in [-0.25, -0.2) is 13.2 Å². The van der Waals surface area contributed by atoms with Gasteiger partial charge in [-0.2, -0.15) is 0 Å². The molecule has 0 radical (unpaired) electrons. The predicted octanol–water partition coefficient (Wildman–Crippen LogP) is 4.11. The van der Waals surface area contributed by atoms with E-state index in [1.54, 1.807) is 18.3 Å². The van der Waals surface area contributed by atoms with Crippen LogP contribution < -0.4 is 5.32 Å². The Labute approximate surface area is 189 Å². The lowest BCUT2D eigenvalue weighted by molar-refractivity contribution is -0.137. The SMILES string of the molecule is CC(C)CS(=O)(=O)c1ccc(C[C@]2(C)NC(=O)N(CCC(=O)O)C=C2C(C)C)cc1Cl. The van der Waals surface area contributed by atoms with Crippen LogP contribution in [0.15, 0.2) is 34.9 Å². The molecule has 31 heavy (non-hydrogen) atoms. The number of nitrogens with zero attached hydrogens (tertiary/aromatic N) is 1. The van der Waals surface area contributed by atoms with Gasteiger partial charge in [-0.05, 0) is 48.4 Å². The molecule has 0 spiro atoms. The quantitative estimate of drug-likeness (QED) is 0.565. The molecule has 0 aromatic heterocycles. The van der Waals surface area contributed by atoms with Crippen LogP contribution in [0.4, 0.5) is 4.79 Å². The van der Waals surface area contributed by atoms with Gasteiger partial charge in [0.1, 0.15) is 0 Å². The number of sulfone groups is 1. The first-order valence-corrected chi connectivity index (χ1v) is 12.3. The number of rotatable bonds is 9. The van der Waals surface area contributed by atoms with Crippen LogP contribution >= 0.6 is 11.6 Å². The second-order valence-corrected chi connectivity index (χ2v) is 11.4. The highest BCUT2D eigenvalue weighted by Crippen LogP contribution is 2.33. The average Bonchev–Trinajstić information content (AvgIpc) is 2.58. The Kier molecular flexibility index (Phi) is 7.81. The van der Waals surface area contributed by atoms with Crippen LogP contribution in [0.1, 0.15) is 46.6 Å². The Morgan fingerprint density at radius 2 is 1.90 bits per heavy atom. The number of carboxylic acid groups (broad SMARTS) is 1. The molecule has 0 aliphatic carbocycles. The van der Waals surface area contributed by atoms with Crippen LogP contribution in [0.2, 0.25) is 5.02 Å². The molecule has 0 unspecified atom stereocenters. The molecule has 1 atom stereocenters. The van der Waals surface area contributed by atoms with Crippen molar-refractivity contribution in [3.05, 3.63) is 40.6 Å². The van der Waals surface area contributed by atoms with Gasteiger partial charge in [0.05, 0.1) is 27.6 Å². The van der Waals surface area contributed by atoms with Crippen molar-refractivity contribution in [2.45, 2.75) is 57.9 Å². The minimum absolute atomic E-state index is 0.0140. The molecular formula is C22H31ClN2O5S. The van der Waals surface area contributed by atoms with Gasteiger partial charge in [-0.3, -0.25) is 4.79 Å². The molecule has 1 aliphatic heterocycles. The average molecular weight is 471 g/mol. The van der Waals surface area contributed by atoms with Gasteiger partial charge in [-0.1, -0.05) is 45.4 Å². The Morgan fingerprint density at radius 1 is 1.26 bits per heavy atom. The first kappa shape index (κ1) is 25.2. The molecule has 2 rings (SSSR count). The van der Waals surface area contributed by atoms with Crippen LogP contribution in [-0.2, 0) is 21.1 Å². The maximum Gasteiger partial charge on any atom is 0.322 e. The summed E-state index contributed by atoms with van der Waals surface area (Å²) in [6.45, 7) is 9.68. The van der Waals surface area contributed by atoms with Crippen molar-refractivity contribution in [2.24, 2.45) is 11.8 Å². The van der Waals surface area contributed by atoms with E-state index in [1.807, 2.05) is 34.6 Å². The van der Waals surface area contributed by atoms with Crippen molar-refractivity contribution in [1.29, 1.82) is 0 Å². The summed E-state index contributed by atoms with van der Waals surface area (Å²) in [5, 5.41) is 12.1. The van der Waals surface area contributed by atoms with Crippen LogP contribution in [-0.4, -0.2) is 48.3 Å². The maximum atomic E-state index is 12.6. The van der Waals surface area contributed by atoms with Crippen molar-refractivity contribution in [1.82, 2.24) is 10.2 Å². The van der Waals surface area contributed by atoms with E-state index in [9.17, 15) is 18.0 Å². The van der Waals surface area contributed by atoms with E-state index in [-0.39, 0.29) is 46.5 Å². The molecule has 7 nitrogen and oxygen atoms in total. The Hall–Kier alpha value is -2.06. The number of hydrogen-bond acceptors (Lipinski definition) is 4. The first-order valence-electron chi connectivity index (χ1n) is 10.3. The summed E-state index contributed by atoms with van der Waals surface area (Å²) in [5.74, 6) is -0.867. The molecule has 2 N–H and O–H groups in total. The van der Waals surface area contributed by atoms with Gasteiger partial charge in [0.15, 0.2) is 9.84 Å². The fraction of sp³-hybridized carbons (Fsp3) is 0.545. The third-order valence-electron chi connectivity index (χ3n) is 5.21. The summed E-state index contributed by atoms with van der Waals surface area (Å²) in [7, 11) is -3.48. The van der Waals surface area contributed by atoms with Gasteiger partial charge >= 0.3 is 12.0 Å². The number of urea groups is 1. The van der Waals surface area contributed by atoms with E-state index in [0.717, 1.165) is 11.1 Å². The number of benzene rings is 1. The molecule has 0 bridgehead atoms. The fourth-order valence-electron chi connectivity index (χ4n) is 3.91. The standard InChI is InChI=1S/C22H31ClN2O5S/c1-14(2)13-31(29,30)19-7-6-16(10-18(19)23)11-22(5)17(15(3)4)12-25(21(28)24-22)9-8-20(26)27/h6-7,10,12,14-15H,8-9,11,13H2,1-5H3,(H,24,28)(H,26,27)/t22-/m0/s1. The molecular weight excluding hydrogens is 440 g/mol. The number of aliphatic carboxylic acids is 1. The summed E-state index contributed by atoms with van der Waals surface area (Å²) >= 11 is 6.34. The zero-order valence-electron chi connectivity index (χ0n) is 18.6. The van der Waals surface area contributed by atoms with Crippen molar-refractivity contribution in [3.8, 4) is 0 Å². The van der Waals surface area contributed by atoms with Crippen LogP contribution in [0.25, 0.3) is 0 Å². The third-order valence-corrected chi connectivity index (χ3v) is 7.76. The van der Waals surface area contributed by atoms with Gasteiger partial charge in [-0.15, -0.1) is 0 Å². The van der Waals surface area contributed by atoms with Crippen LogP contribution in [0.3, 0.4) is 0 Å². The number of carbonyl (C=O) groups excluding carboxylic acids is 1. The van der Waals surface area contributed by atoms with E-state index >= 15 is 0 Å². The number of halogens is 1. The zero-order valence-corrected chi connectivity index (χ0v) is 20.2. The van der Waals surface area contributed by atoms with Gasteiger partial charge in [0, 0.05) is 12.7 Å². The highest BCUT2D eigenvalue weighted by molar-refractivity contribution is 7.91. The van der Waals surface area contributed by atoms with Crippen molar-refractivity contribution in [3.63, 3.8) is 0 Å². The summed E-state index contributed by atoms with van der Waals surface area (Å²) in [4.78, 5) is 25.0. The molecule has 1 aliphatic rings. The largest absolute Gasteiger partial charge is 0.481 e. The minimum Gasteiger partial charge on any atom is -0.481 e. The molecule has 9 heteroatoms. The number of carboxylic acids is 1. The predicted molar refractivity (Wildman–Crippen MR) is 121 cm³/mol. The number of hydrogen-bond donors (Lipinski definition) is 2. The molecule has 2 amide bonds. The first-order chi connectivity index (χ1) is 14.2. The third kappa shape index (κ3) is 6.23. The Bertz CT molecular complexity index is 988. The molecule has 0 fully saturated rings. The number of amides is 2. The second-order valence-electron chi connectivity index (χ2n) is 8.96. The molecule has 1 aromatic rings. The number of nitrogens with one attached hydrogen (secondary N) is 1. The second kappa shape index (κ2) is 9.61. The number of carbonyl (C=O) groups is 2. The normalized spacial score (nSPS) is 19.5. The minimum atomic E-state index is -3.48. The highest BCUT2D eigenvalue weighted by atomic mass is 35.5. The van der Waals surface area contributed by atoms with E-state index < -0.39 is 21.3 Å². The lowest BCUT2D eigenvalue weighted by atomic mass is 9.79. The van der Waals surface area contributed by atoms with Crippen molar-refractivity contribution >= 4 is 33.4 Å². The highest BCUT2D eigenvalue weighted by Gasteiger charge is 2.38. The van der Waals surface area contributed by atoms with Crippen LogP contribution in [0.5, 0.6) is 0 Å². The van der Waals surface area contributed by atoms with Gasteiger partial charge in [0.2, 0.25) is 0 Å². The van der Waals surface area contributed by atoms with Crippen molar-refractivity contribution < 1.29 is 23.1 Å². The Balaban J connectivity index is 2.33. The summed E-state index contributed by atoms with van der Waals surface area (Å²) in [5.41, 5.74) is 1.03. The molecule has 0 saturated carbocycles. The van der Waals surface area contributed by atoms with Gasteiger partial charge in [0.25, 0.3) is 0 Å².